The number of methoxy groups -OCH3 is 1. The molecule has 13 heteroatoms. The van der Waals surface area contributed by atoms with Crippen molar-refractivity contribution in [3.63, 3.8) is 0 Å². The molecule has 3 atom stereocenters. The number of hydrogen-bond donors (Lipinski definition) is 3. The van der Waals surface area contributed by atoms with Crippen LogP contribution in [-0.2, 0) is 23.9 Å². The second-order valence-electron chi connectivity index (χ2n) is 9.78. The number of aldehydes is 1. The van der Waals surface area contributed by atoms with Crippen molar-refractivity contribution < 1.29 is 51.3 Å². The van der Waals surface area contributed by atoms with Gasteiger partial charge in [-0.15, -0.1) is 0 Å². The third-order valence-electron chi connectivity index (χ3n) is 5.23. The number of rotatable bonds is 16. The van der Waals surface area contributed by atoms with E-state index in [0.29, 0.717) is 12.7 Å². The summed E-state index contributed by atoms with van der Waals surface area (Å²) in [5.74, 6) is -9.53. The topological polar surface area (TPSA) is 123 Å². The smallest absolute Gasteiger partial charge is 0.223 e. The van der Waals surface area contributed by atoms with Crippen LogP contribution in [-0.4, -0.2) is 74.4 Å². The van der Waals surface area contributed by atoms with Gasteiger partial charge in [0.15, 0.2) is 17.4 Å². The molecule has 0 aliphatic heterocycles. The Morgan fingerprint density at radius 2 is 1.64 bits per heavy atom. The van der Waals surface area contributed by atoms with E-state index in [1.165, 1.54) is 0 Å². The van der Waals surface area contributed by atoms with Gasteiger partial charge in [-0.3, -0.25) is 9.59 Å². The maximum absolute atomic E-state index is 13.7. The predicted molar refractivity (Wildman–Crippen MR) is 135 cm³/mol. The first-order chi connectivity index (χ1) is 18.2. The molecular weight excluding hydrogens is 528 g/mol. The van der Waals surface area contributed by atoms with Gasteiger partial charge < -0.3 is 34.7 Å². The van der Waals surface area contributed by atoms with Crippen LogP contribution in [0.1, 0.15) is 53.9 Å². The quantitative estimate of drug-likeness (QED) is 0.121. The SMILES string of the molecule is CC(C)OCCC(CCNC=O)C(=O)NC(CC=O)C(O)COc1c(F)c(F)cc(F)c1F.COC(C)(C)C. The fourth-order valence-corrected chi connectivity index (χ4v) is 2.85. The van der Waals surface area contributed by atoms with Gasteiger partial charge in [0, 0.05) is 38.7 Å². The van der Waals surface area contributed by atoms with Crippen molar-refractivity contribution in [2.75, 3.05) is 26.9 Å². The van der Waals surface area contributed by atoms with Crippen LogP contribution < -0.4 is 15.4 Å². The second kappa shape index (κ2) is 18.5. The lowest BCUT2D eigenvalue weighted by Gasteiger charge is -2.25. The third kappa shape index (κ3) is 14.8. The number of ether oxygens (including phenoxy) is 3. The summed E-state index contributed by atoms with van der Waals surface area (Å²) in [5, 5.41) is 15.2. The molecule has 0 aliphatic carbocycles. The Morgan fingerprint density at radius 3 is 2.10 bits per heavy atom. The first kappa shape index (κ1) is 36.2. The van der Waals surface area contributed by atoms with Crippen LogP contribution in [0.3, 0.4) is 0 Å². The van der Waals surface area contributed by atoms with E-state index in [1.807, 2.05) is 34.6 Å². The Hall–Kier alpha value is -2.77. The number of carbonyl (C=O) groups excluding carboxylic acids is 3. The zero-order chi connectivity index (χ0) is 30.2. The van der Waals surface area contributed by atoms with E-state index < -0.39 is 59.6 Å². The molecule has 224 valence electrons. The van der Waals surface area contributed by atoms with Gasteiger partial charge in [0.2, 0.25) is 24.0 Å². The number of aliphatic hydroxyl groups is 1. The Labute approximate surface area is 226 Å². The number of halogens is 4. The lowest BCUT2D eigenvalue weighted by molar-refractivity contribution is -0.128. The number of benzene rings is 1. The Balaban J connectivity index is 0.00000215. The van der Waals surface area contributed by atoms with E-state index in [9.17, 15) is 37.1 Å². The van der Waals surface area contributed by atoms with E-state index in [0.717, 1.165) is 0 Å². The van der Waals surface area contributed by atoms with E-state index in [4.69, 9.17) is 14.2 Å². The average molecular weight is 569 g/mol. The normalized spacial score (nSPS) is 13.5. The zero-order valence-corrected chi connectivity index (χ0v) is 23.2. The molecule has 0 saturated carbocycles. The first-order valence-corrected chi connectivity index (χ1v) is 12.4. The van der Waals surface area contributed by atoms with Gasteiger partial charge in [0.05, 0.1) is 17.7 Å². The first-order valence-electron chi connectivity index (χ1n) is 12.4. The number of nitrogens with one attached hydrogen (secondary N) is 2. The number of aliphatic hydroxyl groups excluding tert-OH is 1. The van der Waals surface area contributed by atoms with Gasteiger partial charge in [-0.05, 0) is 47.5 Å². The van der Waals surface area contributed by atoms with Crippen LogP contribution in [0.25, 0.3) is 0 Å². The van der Waals surface area contributed by atoms with Crippen molar-refractivity contribution in [3.05, 3.63) is 29.3 Å². The average Bonchev–Trinajstić information content (AvgIpc) is 2.86. The monoisotopic (exact) mass is 568 g/mol. The van der Waals surface area contributed by atoms with E-state index >= 15 is 0 Å². The van der Waals surface area contributed by atoms with Crippen LogP contribution in [0.2, 0.25) is 0 Å². The van der Waals surface area contributed by atoms with Crippen LogP contribution in [0.4, 0.5) is 17.6 Å². The molecule has 39 heavy (non-hydrogen) atoms. The fraction of sp³-hybridized carbons (Fsp3) is 0.654. The number of carbonyl (C=O) groups is 3. The molecule has 1 aromatic carbocycles. The molecule has 1 aromatic rings. The lowest BCUT2D eigenvalue weighted by atomic mass is 9.99. The van der Waals surface area contributed by atoms with Gasteiger partial charge in [-0.2, -0.15) is 8.78 Å². The van der Waals surface area contributed by atoms with Gasteiger partial charge >= 0.3 is 0 Å². The van der Waals surface area contributed by atoms with Crippen molar-refractivity contribution >= 4 is 18.6 Å². The molecule has 3 unspecified atom stereocenters. The Bertz CT molecular complexity index is 872. The molecule has 0 spiro atoms. The molecule has 0 heterocycles. The summed E-state index contributed by atoms with van der Waals surface area (Å²) in [7, 11) is 1.71. The van der Waals surface area contributed by atoms with Crippen molar-refractivity contribution in [3.8, 4) is 5.75 Å². The minimum absolute atomic E-state index is 0.00594. The van der Waals surface area contributed by atoms with Gasteiger partial charge in [-0.1, -0.05) is 0 Å². The highest BCUT2D eigenvalue weighted by atomic mass is 19.2. The van der Waals surface area contributed by atoms with E-state index in [1.54, 1.807) is 7.11 Å². The summed E-state index contributed by atoms with van der Waals surface area (Å²) >= 11 is 0. The molecule has 9 nitrogen and oxygen atoms in total. The zero-order valence-electron chi connectivity index (χ0n) is 23.2. The minimum Gasteiger partial charge on any atom is -0.485 e. The summed E-state index contributed by atoms with van der Waals surface area (Å²) in [4.78, 5) is 34.2. The van der Waals surface area contributed by atoms with E-state index in [-0.39, 0.29) is 50.2 Å². The van der Waals surface area contributed by atoms with Crippen LogP contribution in [0.15, 0.2) is 6.07 Å². The molecule has 0 fully saturated rings. The van der Waals surface area contributed by atoms with Gasteiger partial charge in [0.1, 0.15) is 19.0 Å². The van der Waals surface area contributed by atoms with Crippen LogP contribution >= 0.6 is 0 Å². The molecular formula is C26H40F4N2O7. The molecule has 0 radical (unpaired) electrons. The molecule has 3 N–H and O–H groups in total. The highest BCUT2D eigenvalue weighted by Gasteiger charge is 2.28. The Kier molecular flexibility index (Phi) is 17.2. The molecule has 0 aromatic heterocycles. The lowest BCUT2D eigenvalue weighted by Crippen LogP contribution is -2.48. The molecule has 0 aliphatic rings. The Morgan fingerprint density at radius 1 is 1.08 bits per heavy atom. The van der Waals surface area contributed by atoms with Crippen LogP contribution in [0, 0.1) is 29.2 Å². The maximum atomic E-state index is 13.7. The number of amides is 2. The van der Waals surface area contributed by atoms with Crippen LogP contribution in [0.5, 0.6) is 5.75 Å². The van der Waals surface area contributed by atoms with Crippen molar-refractivity contribution in [1.82, 2.24) is 10.6 Å². The standard InChI is InChI=1S/C21H28F4N2O6.C5H12O/c1-12(2)32-8-5-13(3-6-26-11-29)21(31)27-16(4-7-28)17(30)10-33-20-18(24)14(22)9-15(23)19(20)25;1-5(2,3)6-4/h7,9,11-13,16-17,30H,3-6,8,10H2,1-2H3,(H,26,29)(H,27,31);1-4H3. The van der Waals surface area contributed by atoms with Crippen molar-refractivity contribution in [2.24, 2.45) is 5.92 Å². The largest absolute Gasteiger partial charge is 0.485 e. The summed E-state index contributed by atoms with van der Waals surface area (Å²) in [5.41, 5.74) is 0.0417. The predicted octanol–water partition coefficient (Wildman–Crippen LogP) is 3.06. The summed E-state index contributed by atoms with van der Waals surface area (Å²) in [6.07, 6.45) is -0.691. The highest BCUT2D eigenvalue weighted by Crippen LogP contribution is 2.26. The number of hydrogen-bond acceptors (Lipinski definition) is 7. The minimum atomic E-state index is -1.79. The molecule has 0 saturated heterocycles. The summed E-state index contributed by atoms with van der Waals surface area (Å²) in [6.45, 7) is 9.25. The third-order valence-corrected chi connectivity index (χ3v) is 5.23. The summed E-state index contributed by atoms with van der Waals surface area (Å²) in [6, 6.07) is -1.21. The fourth-order valence-electron chi connectivity index (χ4n) is 2.85. The van der Waals surface area contributed by atoms with Crippen molar-refractivity contribution in [1.29, 1.82) is 0 Å². The van der Waals surface area contributed by atoms with Crippen molar-refractivity contribution in [2.45, 2.75) is 77.7 Å². The molecule has 1 rings (SSSR count). The highest BCUT2D eigenvalue weighted by molar-refractivity contribution is 5.79. The molecule has 2 amide bonds. The van der Waals surface area contributed by atoms with E-state index in [2.05, 4.69) is 10.6 Å². The summed E-state index contributed by atoms with van der Waals surface area (Å²) < 4.78 is 69.1. The van der Waals surface area contributed by atoms with Gasteiger partial charge in [0.25, 0.3) is 0 Å². The van der Waals surface area contributed by atoms with Gasteiger partial charge in [-0.25, -0.2) is 8.78 Å². The molecule has 0 bridgehead atoms. The maximum Gasteiger partial charge on any atom is 0.223 e. The second-order valence-corrected chi connectivity index (χ2v) is 9.78.